The summed E-state index contributed by atoms with van der Waals surface area (Å²) < 4.78 is 0. The van der Waals surface area contributed by atoms with Gasteiger partial charge in [0.05, 0.1) is 5.56 Å². The molecule has 0 aliphatic rings. The van der Waals surface area contributed by atoms with Crippen molar-refractivity contribution in [2.45, 2.75) is 13.8 Å². The van der Waals surface area contributed by atoms with Gasteiger partial charge in [-0.05, 0) is 84.8 Å². The molecule has 4 rings (SSSR count). The molecule has 0 fully saturated rings. The predicted molar refractivity (Wildman–Crippen MR) is 151 cm³/mol. The molecule has 0 heterocycles. The van der Waals surface area contributed by atoms with Gasteiger partial charge in [0.15, 0.2) is 5.78 Å². The summed E-state index contributed by atoms with van der Waals surface area (Å²) in [5.74, 6) is -0.992. The van der Waals surface area contributed by atoms with E-state index in [4.69, 9.17) is 11.6 Å². The Labute approximate surface area is 222 Å². The lowest BCUT2D eigenvalue weighted by molar-refractivity contribution is 0.0697. The van der Waals surface area contributed by atoms with E-state index < -0.39 is 5.97 Å². The van der Waals surface area contributed by atoms with Crippen molar-refractivity contribution in [3.63, 3.8) is 0 Å². The molecule has 37 heavy (non-hydrogen) atoms. The van der Waals surface area contributed by atoms with E-state index in [0.29, 0.717) is 34.3 Å². The Bertz CT molecular complexity index is 1380. The van der Waals surface area contributed by atoms with Gasteiger partial charge >= 0.3 is 5.97 Å². The molecule has 0 saturated heterocycles. The van der Waals surface area contributed by atoms with Gasteiger partial charge in [-0.25, -0.2) is 4.79 Å². The van der Waals surface area contributed by atoms with Crippen molar-refractivity contribution in [1.29, 1.82) is 0 Å². The molecule has 4 aromatic carbocycles. The van der Waals surface area contributed by atoms with E-state index in [9.17, 15) is 14.7 Å². The number of nitrogens with zero attached hydrogens (tertiary/aromatic N) is 2. The second-order valence-corrected chi connectivity index (χ2v) is 9.76. The second-order valence-electron chi connectivity index (χ2n) is 9.33. The lowest BCUT2D eigenvalue weighted by Gasteiger charge is -2.27. The fourth-order valence-corrected chi connectivity index (χ4v) is 4.30. The first-order valence-corrected chi connectivity index (χ1v) is 12.5. The standard InChI is InChI=1S/C31H29ClN2O3/c1-21(2)20-34(28-7-5-4-6-8-28)29-18-23(17-24(19-29)31(36)37)30(35)22-9-13-26(14-10-22)33(3)27-15-11-25(32)12-16-27/h4-19,21H,20H2,1-3H3,(H,36,37). The van der Waals surface area contributed by atoms with Crippen LogP contribution in [-0.4, -0.2) is 30.5 Å². The van der Waals surface area contributed by atoms with E-state index in [1.807, 2.05) is 78.7 Å². The highest BCUT2D eigenvalue weighted by molar-refractivity contribution is 6.30. The summed E-state index contributed by atoms with van der Waals surface area (Å²) in [5, 5.41) is 10.5. The zero-order chi connectivity index (χ0) is 26.5. The normalized spacial score (nSPS) is 10.8. The second kappa shape index (κ2) is 11.3. The van der Waals surface area contributed by atoms with Gasteiger partial charge in [-0.1, -0.05) is 43.6 Å². The smallest absolute Gasteiger partial charge is 0.335 e. The van der Waals surface area contributed by atoms with Gasteiger partial charge in [-0.2, -0.15) is 0 Å². The molecule has 0 radical (unpaired) electrons. The third-order valence-corrected chi connectivity index (χ3v) is 6.34. The molecule has 0 aliphatic carbocycles. The molecule has 0 aromatic heterocycles. The maximum Gasteiger partial charge on any atom is 0.335 e. The first-order valence-electron chi connectivity index (χ1n) is 12.1. The number of halogens is 1. The molecule has 1 N–H and O–H groups in total. The highest BCUT2D eigenvalue weighted by Gasteiger charge is 2.19. The number of aromatic carboxylic acids is 1. The fourth-order valence-electron chi connectivity index (χ4n) is 4.17. The van der Waals surface area contributed by atoms with Crippen LogP contribution in [0.2, 0.25) is 5.02 Å². The molecule has 0 aliphatic heterocycles. The average molecular weight is 513 g/mol. The van der Waals surface area contributed by atoms with Crippen LogP contribution >= 0.6 is 11.6 Å². The number of carbonyl (C=O) groups excluding carboxylic acids is 1. The van der Waals surface area contributed by atoms with Crippen LogP contribution in [0.1, 0.15) is 40.1 Å². The van der Waals surface area contributed by atoms with Crippen LogP contribution in [0, 0.1) is 5.92 Å². The first-order chi connectivity index (χ1) is 17.7. The third-order valence-electron chi connectivity index (χ3n) is 6.08. The monoisotopic (exact) mass is 512 g/mol. The topological polar surface area (TPSA) is 60.9 Å². The fraction of sp³-hybridized carbons (Fsp3) is 0.161. The lowest BCUT2D eigenvalue weighted by Crippen LogP contribution is -2.23. The van der Waals surface area contributed by atoms with Crippen molar-refractivity contribution >= 4 is 46.1 Å². The number of para-hydroxylation sites is 1. The molecule has 4 aromatic rings. The molecule has 6 heteroatoms. The summed E-state index contributed by atoms with van der Waals surface area (Å²) >= 11 is 6.00. The van der Waals surface area contributed by atoms with Gasteiger partial charge < -0.3 is 14.9 Å². The summed E-state index contributed by atoms with van der Waals surface area (Å²) in [6.07, 6.45) is 0. The number of benzene rings is 4. The Kier molecular flexibility index (Phi) is 7.95. The number of carboxylic acid groups (broad SMARTS) is 1. The molecule has 0 bridgehead atoms. The summed E-state index contributed by atoms with van der Waals surface area (Å²) in [6.45, 7) is 4.88. The molecule has 0 amide bonds. The number of carbonyl (C=O) groups is 2. The van der Waals surface area contributed by atoms with Crippen molar-refractivity contribution in [3.8, 4) is 0 Å². The van der Waals surface area contributed by atoms with Crippen molar-refractivity contribution < 1.29 is 14.7 Å². The molecule has 188 valence electrons. The van der Waals surface area contributed by atoms with Gasteiger partial charge in [0.25, 0.3) is 0 Å². The SMILES string of the molecule is CC(C)CN(c1ccccc1)c1cc(C(=O)O)cc(C(=O)c2ccc(N(C)c3ccc(Cl)cc3)cc2)c1. The van der Waals surface area contributed by atoms with E-state index in [-0.39, 0.29) is 11.3 Å². The summed E-state index contributed by atoms with van der Waals surface area (Å²) in [6, 6.07) is 29.4. The van der Waals surface area contributed by atoms with Crippen LogP contribution in [0.5, 0.6) is 0 Å². The minimum absolute atomic E-state index is 0.0737. The number of ketones is 1. The molecule has 5 nitrogen and oxygen atoms in total. The largest absolute Gasteiger partial charge is 0.478 e. The number of hydrogen-bond donors (Lipinski definition) is 1. The van der Waals surface area contributed by atoms with Crippen molar-refractivity contribution in [3.05, 3.63) is 119 Å². The van der Waals surface area contributed by atoms with E-state index in [2.05, 4.69) is 18.7 Å². The number of anilines is 4. The molecule has 0 spiro atoms. The molecule has 0 saturated carbocycles. The molecule has 0 unspecified atom stereocenters. The third kappa shape index (κ3) is 6.19. The Morgan fingerprint density at radius 3 is 1.86 bits per heavy atom. The van der Waals surface area contributed by atoms with Crippen molar-refractivity contribution in [1.82, 2.24) is 0 Å². The Morgan fingerprint density at radius 1 is 0.730 bits per heavy atom. The van der Waals surface area contributed by atoms with E-state index in [1.165, 1.54) is 6.07 Å². The quantitative estimate of drug-likeness (QED) is 0.231. The lowest BCUT2D eigenvalue weighted by atomic mass is 9.99. The van der Waals surface area contributed by atoms with Crippen LogP contribution in [0.25, 0.3) is 0 Å². The van der Waals surface area contributed by atoms with Crippen LogP contribution in [0.15, 0.2) is 97.1 Å². The summed E-state index contributed by atoms with van der Waals surface area (Å²) in [4.78, 5) is 29.5. The Hall–Kier alpha value is -4.09. The zero-order valence-corrected chi connectivity index (χ0v) is 21.8. The maximum absolute atomic E-state index is 13.5. The maximum atomic E-state index is 13.5. The van der Waals surface area contributed by atoms with Crippen molar-refractivity contribution in [2.75, 3.05) is 23.4 Å². The number of hydrogen-bond acceptors (Lipinski definition) is 4. The van der Waals surface area contributed by atoms with E-state index in [0.717, 1.165) is 17.1 Å². The Morgan fingerprint density at radius 2 is 1.30 bits per heavy atom. The van der Waals surface area contributed by atoms with Crippen LogP contribution in [0.3, 0.4) is 0 Å². The highest BCUT2D eigenvalue weighted by Crippen LogP contribution is 2.30. The molecular weight excluding hydrogens is 484 g/mol. The molecular formula is C31H29ClN2O3. The minimum Gasteiger partial charge on any atom is -0.478 e. The number of rotatable bonds is 9. The van der Waals surface area contributed by atoms with Gasteiger partial charge in [0.1, 0.15) is 0 Å². The first kappa shape index (κ1) is 26.0. The van der Waals surface area contributed by atoms with E-state index in [1.54, 1.807) is 24.3 Å². The van der Waals surface area contributed by atoms with Gasteiger partial charge in [0, 0.05) is 52.5 Å². The van der Waals surface area contributed by atoms with Gasteiger partial charge in [0.2, 0.25) is 0 Å². The van der Waals surface area contributed by atoms with Crippen LogP contribution in [0.4, 0.5) is 22.7 Å². The van der Waals surface area contributed by atoms with E-state index >= 15 is 0 Å². The highest BCUT2D eigenvalue weighted by atomic mass is 35.5. The number of carboxylic acids is 1. The van der Waals surface area contributed by atoms with Gasteiger partial charge in [-0.3, -0.25) is 4.79 Å². The average Bonchev–Trinajstić information content (AvgIpc) is 2.91. The van der Waals surface area contributed by atoms with Crippen LogP contribution in [-0.2, 0) is 0 Å². The predicted octanol–water partition coefficient (Wildman–Crippen LogP) is 7.83. The van der Waals surface area contributed by atoms with Crippen molar-refractivity contribution in [2.24, 2.45) is 5.92 Å². The summed E-state index contributed by atoms with van der Waals surface area (Å²) in [5.41, 5.74) is 4.37. The van der Waals surface area contributed by atoms with Gasteiger partial charge in [-0.15, -0.1) is 0 Å². The molecule has 0 atom stereocenters. The Balaban J connectivity index is 1.68. The zero-order valence-electron chi connectivity index (χ0n) is 21.1. The minimum atomic E-state index is -1.08. The summed E-state index contributed by atoms with van der Waals surface area (Å²) in [7, 11) is 1.94. The van der Waals surface area contributed by atoms with Crippen LogP contribution < -0.4 is 9.80 Å².